The van der Waals surface area contributed by atoms with Crippen LogP contribution in [-0.4, -0.2) is 32.3 Å². The monoisotopic (exact) mass is 519 g/mol. The van der Waals surface area contributed by atoms with Crippen molar-refractivity contribution in [2.24, 2.45) is 5.10 Å². The number of methoxy groups -OCH3 is 3. The summed E-state index contributed by atoms with van der Waals surface area (Å²) in [6.07, 6.45) is 0. The van der Waals surface area contributed by atoms with Crippen LogP contribution in [0.1, 0.15) is 15.4 Å². The molecule has 0 aliphatic heterocycles. The zero-order valence-corrected chi connectivity index (χ0v) is 20.9. The molecule has 2 heterocycles. The number of aromatic nitrogens is 1. The normalized spacial score (nSPS) is 11.5. The van der Waals surface area contributed by atoms with Gasteiger partial charge >= 0.3 is 5.97 Å². The van der Waals surface area contributed by atoms with Gasteiger partial charge in [0.2, 0.25) is 5.13 Å². The lowest BCUT2D eigenvalue weighted by molar-refractivity contribution is 0.0605. The lowest BCUT2D eigenvalue weighted by atomic mass is 10.1. The first-order chi connectivity index (χ1) is 16.3. The Labute approximate surface area is 208 Å². The van der Waals surface area contributed by atoms with Gasteiger partial charge in [0.25, 0.3) is 0 Å². The second-order valence-corrected chi connectivity index (χ2v) is 8.82. The number of anilines is 1. The number of aryl methyl sites for hydroxylation is 1. The summed E-state index contributed by atoms with van der Waals surface area (Å²) in [5, 5.41) is 6.79. The van der Waals surface area contributed by atoms with Crippen LogP contribution in [0.2, 0.25) is 10.0 Å². The maximum atomic E-state index is 11.9. The molecule has 2 aromatic heterocycles. The fourth-order valence-electron chi connectivity index (χ4n) is 3.25. The van der Waals surface area contributed by atoms with Gasteiger partial charge in [-0.15, -0.1) is 0 Å². The molecule has 0 saturated heterocycles. The van der Waals surface area contributed by atoms with E-state index >= 15 is 0 Å². The molecule has 8 nitrogen and oxygen atoms in total. The highest BCUT2D eigenvalue weighted by atomic mass is 35.5. The number of hydrogen-bond donors (Lipinski definition) is 1. The van der Waals surface area contributed by atoms with E-state index in [9.17, 15) is 4.79 Å². The number of ether oxygens (including phenoxy) is 3. The average Bonchev–Trinajstić information content (AvgIpc) is 3.21. The third-order valence-electron chi connectivity index (χ3n) is 4.87. The number of thiazole rings is 1. The summed E-state index contributed by atoms with van der Waals surface area (Å²) in [4.78, 5) is 16.6. The Morgan fingerprint density at radius 2 is 1.85 bits per heavy atom. The van der Waals surface area contributed by atoms with Crippen molar-refractivity contribution in [3.63, 3.8) is 0 Å². The minimum absolute atomic E-state index is 0.333. The zero-order valence-electron chi connectivity index (χ0n) is 18.6. The minimum Gasteiger partial charge on any atom is -0.493 e. The van der Waals surface area contributed by atoms with Gasteiger partial charge in [-0.3, -0.25) is 5.43 Å². The SMILES string of the molecule is COC(=O)c1sc(N/N=c2\cc(-c3ccc(OC)c(OC)c3)oc3c(Cl)cc(Cl)cc23)nc1C. The second-order valence-electron chi connectivity index (χ2n) is 6.98. The van der Waals surface area contributed by atoms with Crippen LogP contribution >= 0.6 is 34.5 Å². The van der Waals surface area contributed by atoms with Crippen molar-refractivity contribution in [3.05, 3.63) is 62.4 Å². The standard InChI is InChI=1S/C23H19Cl2N3O5S/c1-11-21(22(29)32-4)34-23(26-11)28-27-16-10-18(12-5-6-17(30-2)19(7-12)31-3)33-20-14(16)8-13(24)9-15(20)25/h5-10H,1-4H3,(H,26,28)/b27-16+. The first-order valence-electron chi connectivity index (χ1n) is 9.85. The first-order valence-corrected chi connectivity index (χ1v) is 11.4. The van der Waals surface area contributed by atoms with E-state index in [-0.39, 0.29) is 0 Å². The van der Waals surface area contributed by atoms with Gasteiger partial charge in [-0.05, 0) is 37.3 Å². The van der Waals surface area contributed by atoms with Gasteiger partial charge in [0.1, 0.15) is 10.6 Å². The molecule has 0 atom stereocenters. The Kier molecular flexibility index (Phi) is 6.97. The number of halogens is 2. The van der Waals surface area contributed by atoms with Crippen LogP contribution in [-0.2, 0) is 4.74 Å². The summed E-state index contributed by atoms with van der Waals surface area (Å²) in [5.74, 6) is 1.16. The van der Waals surface area contributed by atoms with Crippen molar-refractivity contribution in [1.82, 2.24) is 4.98 Å². The number of nitrogens with one attached hydrogen (secondary N) is 1. The number of fused-ring (bicyclic) bond motifs is 1. The summed E-state index contributed by atoms with van der Waals surface area (Å²) >= 11 is 13.8. The molecule has 0 aliphatic rings. The average molecular weight is 520 g/mol. The molecule has 2 aromatic carbocycles. The van der Waals surface area contributed by atoms with Crippen LogP contribution < -0.4 is 20.3 Å². The fraction of sp³-hybridized carbons (Fsp3) is 0.174. The Morgan fingerprint density at radius 1 is 1.09 bits per heavy atom. The minimum atomic E-state index is -0.457. The van der Waals surface area contributed by atoms with E-state index in [1.54, 1.807) is 51.5 Å². The molecule has 176 valence electrons. The van der Waals surface area contributed by atoms with Crippen LogP contribution in [0.15, 0.2) is 45.9 Å². The maximum absolute atomic E-state index is 11.9. The van der Waals surface area contributed by atoms with Crippen molar-refractivity contribution in [2.75, 3.05) is 26.8 Å². The van der Waals surface area contributed by atoms with Gasteiger partial charge < -0.3 is 18.6 Å². The molecule has 4 rings (SSSR count). The van der Waals surface area contributed by atoms with E-state index in [0.717, 1.165) is 16.9 Å². The Hall–Kier alpha value is -3.27. The van der Waals surface area contributed by atoms with Crippen molar-refractivity contribution in [2.45, 2.75) is 6.92 Å². The quantitative estimate of drug-likeness (QED) is 0.250. The number of carbonyl (C=O) groups excluding carboxylic acids is 1. The van der Waals surface area contributed by atoms with Gasteiger partial charge in [0.15, 0.2) is 17.1 Å². The van der Waals surface area contributed by atoms with Crippen LogP contribution in [0.4, 0.5) is 5.13 Å². The van der Waals surface area contributed by atoms with Crippen molar-refractivity contribution >= 4 is 56.6 Å². The van der Waals surface area contributed by atoms with Gasteiger partial charge in [-0.25, -0.2) is 9.78 Å². The summed E-state index contributed by atoms with van der Waals surface area (Å²) < 4.78 is 21.6. The molecule has 1 N–H and O–H groups in total. The molecule has 34 heavy (non-hydrogen) atoms. The largest absolute Gasteiger partial charge is 0.493 e. The smallest absolute Gasteiger partial charge is 0.350 e. The van der Waals surface area contributed by atoms with Crippen LogP contribution in [0, 0.1) is 6.92 Å². The molecular formula is C23H19Cl2N3O5S. The van der Waals surface area contributed by atoms with Gasteiger partial charge in [-0.2, -0.15) is 5.10 Å². The first kappa shape index (κ1) is 23.9. The Morgan fingerprint density at radius 3 is 2.56 bits per heavy atom. The molecule has 0 radical (unpaired) electrons. The van der Waals surface area contributed by atoms with Crippen molar-refractivity contribution < 1.29 is 23.4 Å². The number of nitrogens with zero attached hydrogens (tertiary/aromatic N) is 2. The Balaban J connectivity index is 1.86. The lowest BCUT2D eigenvalue weighted by Crippen LogP contribution is -2.07. The number of benzene rings is 2. The van der Waals surface area contributed by atoms with Gasteiger partial charge in [-0.1, -0.05) is 34.5 Å². The summed E-state index contributed by atoms with van der Waals surface area (Å²) in [6, 6.07) is 10.4. The predicted molar refractivity (Wildman–Crippen MR) is 132 cm³/mol. The molecule has 0 aliphatic carbocycles. The number of carbonyl (C=O) groups is 1. The summed E-state index contributed by atoms with van der Waals surface area (Å²) in [5.41, 5.74) is 4.57. The van der Waals surface area contributed by atoms with Gasteiger partial charge in [0.05, 0.1) is 37.4 Å². The molecule has 0 saturated carbocycles. The Bertz CT molecular complexity index is 1470. The molecular weight excluding hydrogens is 501 g/mol. The summed E-state index contributed by atoms with van der Waals surface area (Å²) in [7, 11) is 4.44. The predicted octanol–water partition coefficient (Wildman–Crippen LogP) is 5.90. The van der Waals surface area contributed by atoms with Crippen LogP contribution in [0.3, 0.4) is 0 Å². The van der Waals surface area contributed by atoms with Crippen LogP contribution in [0.5, 0.6) is 11.5 Å². The fourth-order valence-corrected chi connectivity index (χ4v) is 4.61. The molecule has 4 aromatic rings. The van der Waals surface area contributed by atoms with E-state index in [1.165, 1.54) is 7.11 Å². The molecule has 0 unspecified atom stereocenters. The number of hydrogen-bond acceptors (Lipinski definition) is 9. The highest BCUT2D eigenvalue weighted by Gasteiger charge is 2.16. The molecule has 11 heteroatoms. The molecule has 0 amide bonds. The number of rotatable bonds is 6. The van der Waals surface area contributed by atoms with Crippen molar-refractivity contribution in [1.29, 1.82) is 0 Å². The highest BCUT2D eigenvalue weighted by molar-refractivity contribution is 7.17. The van der Waals surface area contributed by atoms with E-state index in [0.29, 0.717) is 59.3 Å². The third-order valence-corrected chi connectivity index (χ3v) is 6.41. The highest BCUT2D eigenvalue weighted by Crippen LogP contribution is 2.34. The lowest BCUT2D eigenvalue weighted by Gasteiger charge is -2.10. The third kappa shape index (κ3) is 4.68. The van der Waals surface area contributed by atoms with Crippen LogP contribution in [0.25, 0.3) is 22.3 Å². The van der Waals surface area contributed by atoms with Crippen molar-refractivity contribution in [3.8, 4) is 22.8 Å². The molecule has 0 bridgehead atoms. The zero-order chi connectivity index (χ0) is 24.4. The van der Waals surface area contributed by atoms with E-state index in [1.807, 2.05) is 6.07 Å². The summed E-state index contributed by atoms with van der Waals surface area (Å²) in [6.45, 7) is 1.72. The topological polar surface area (TPSA) is 95.2 Å². The van der Waals surface area contributed by atoms with E-state index < -0.39 is 5.97 Å². The molecule has 0 spiro atoms. The number of esters is 1. The van der Waals surface area contributed by atoms with E-state index in [2.05, 4.69) is 15.5 Å². The second kappa shape index (κ2) is 9.92. The van der Waals surface area contributed by atoms with Gasteiger partial charge in [0, 0.05) is 22.0 Å². The van der Waals surface area contributed by atoms with E-state index in [4.69, 9.17) is 41.8 Å². The molecule has 0 fully saturated rings. The maximum Gasteiger partial charge on any atom is 0.350 e.